The number of hydrogen-bond donors (Lipinski definition) is 3. The van der Waals surface area contributed by atoms with Crippen molar-refractivity contribution in [1.82, 2.24) is 15.5 Å². The molecule has 3 aliphatic heterocycles. The van der Waals surface area contributed by atoms with Gasteiger partial charge < -0.3 is 25.0 Å². The molecule has 5 rings (SSSR count). The number of thioether (sulfide) groups is 1. The molecule has 2 aromatic carbocycles. The normalized spacial score (nSPS) is 20.6. The third-order valence-corrected chi connectivity index (χ3v) is 7.70. The number of halogens is 1. The van der Waals surface area contributed by atoms with Crippen molar-refractivity contribution in [2.24, 2.45) is 0 Å². The maximum Gasteiger partial charge on any atom is 0.321 e. The summed E-state index contributed by atoms with van der Waals surface area (Å²) in [4.78, 5) is 26.8. The minimum absolute atomic E-state index is 0.0386. The highest BCUT2D eigenvalue weighted by atomic mass is 32.2. The highest BCUT2D eigenvalue weighted by Gasteiger charge is 2.44. The Morgan fingerprint density at radius 3 is 2.79 bits per heavy atom. The van der Waals surface area contributed by atoms with Crippen LogP contribution in [0.5, 0.6) is 11.5 Å². The SMILES string of the molecule is O=C(NCc1ccc2c(c1)OCO2)C1CSC2(CCN(C(=O)Nc3cccc(F)c3)CC2)N1. The summed E-state index contributed by atoms with van der Waals surface area (Å²) in [6.07, 6.45) is 1.47. The van der Waals surface area contributed by atoms with Gasteiger partial charge in [-0.2, -0.15) is 0 Å². The van der Waals surface area contributed by atoms with Gasteiger partial charge in [-0.1, -0.05) is 12.1 Å². The summed E-state index contributed by atoms with van der Waals surface area (Å²) in [6, 6.07) is 11.0. The van der Waals surface area contributed by atoms with E-state index in [1.54, 1.807) is 28.8 Å². The molecule has 1 unspecified atom stereocenters. The molecular weight excluding hydrogens is 447 g/mol. The number of fused-ring (bicyclic) bond motifs is 1. The molecule has 2 fully saturated rings. The highest BCUT2D eigenvalue weighted by Crippen LogP contribution is 2.39. The van der Waals surface area contributed by atoms with Gasteiger partial charge in [-0.05, 0) is 48.7 Å². The number of nitrogens with zero attached hydrogens (tertiary/aromatic N) is 1. The van der Waals surface area contributed by atoms with Crippen molar-refractivity contribution in [1.29, 1.82) is 0 Å². The van der Waals surface area contributed by atoms with E-state index < -0.39 is 0 Å². The number of anilines is 1. The number of urea groups is 1. The first-order chi connectivity index (χ1) is 16.0. The average Bonchev–Trinajstić information content (AvgIpc) is 3.45. The summed E-state index contributed by atoms with van der Waals surface area (Å²) >= 11 is 1.74. The molecule has 0 saturated carbocycles. The topological polar surface area (TPSA) is 91.9 Å². The first-order valence-electron chi connectivity index (χ1n) is 10.9. The molecule has 3 aliphatic rings. The number of hydrogen-bond acceptors (Lipinski definition) is 6. The standard InChI is InChI=1S/C23H25FN4O4S/c24-16-2-1-3-17(11-16)26-22(30)28-8-6-23(7-9-28)27-18(13-33-23)21(29)25-12-15-4-5-19-20(10-15)32-14-31-19/h1-5,10-11,18,27H,6-9,12-14H2,(H,25,29)(H,26,30). The molecule has 1 atom stereocenters. The highest BCUT2D eigenvalue weighted by molar-refractivity contribution is 8.01. The van der Waals surface area contributed by atoms with Crippen LogP contribution in [0.25, 0.3) is 0 Å². The van der Waals surface area contributed by atoms with Crippen LogP contribution in [0, 0.1) is 5.82 Å². The second kappa shape index (κ2) is 9.11. The van der Waals surface area contributed by atoms with E-state index in [0.717, 1.165) is 24.2 Å². The Kier molecular flexibility index (Phi) is 6.03. The lowest BCUT2D eigenvalue weighted by Gasteiger charge is -2.39. The van der Waals surface area contributed by atoms with E-state index in [1.165, 1.54) is 12.1 Å². The fraction of sp³-hybridized carbons (Fsp3) is 0.391. The number of carbonyl (C=O) groups is 2. The van der Waals surface area contributed by atoms with E-state index >= 15 is 0 Å². The van der Waals surface area contributed by atoms with E-state index in [-0.39, 0.29) is 35.5 Å². The van der Waals surface area contributed by atoms with Crippen LogP contribution in [0.1, 0.15) is 18.4 Å². The Labute approximate surface area is 195 Å². The number of ether oxygens (including phenoxy) is 2. The van der Waals surface area contributed by atoms with Crippen molar-refractivity contribution in [3.63, 3.8) is 0 Å². The number of piperidine rings is 1. The van der Waals surface area contributed by atoms with Gasteiger partial charge in [0, 0.05) is 31.1 Å². The maximum atomic E-state index is 13.3. The van der Waals surface area contributed by atoms with Gasteiger partial charge in [0.25, 0.3) is 0 Å². The lowest BCUT2D eigenvalue weighted by molar-refractivity contribution is -0.122. The van der Waals surface area contributed by atoms with Gasteiger partial charge in [-0.3, -0.25) is 10.1 Å². The molecule has 0 radical (unpaired) electrons. The van der Waals surface area contributed by atoms with Crippen LogP contribution >= 0.6 is 11.8 Å². The van der Waals surface area contributed by atoms with Crippen LogP contribution in [-0.2, 0) is 11.3 Å². The van der Waals surface area contributed by atoms with E-state index in [9.17, 15) is 14.0 Å². The van der Waals surface area contributed by atoms with Crippen LogP contribution < -0.4 is 25.4 Å². The van der Waals surface area contributed by atoms with Crippen molar-refractivity contribution in [3.8, 4) is 11.5 Å². The number of amides is 3. The second-order valence-corrected chi connectivity index (χ2v) is 9.74. The molecule has 2 saturated heterocycles. The van der Waals surface area contributed by atoms with Gasteiger partial charge in [0.1, 0.15) is 5.82 Å². The molecule has 174 valence electrons. The Bertz CT molecular complexity index is 1060. The van der Waals surface area contributed by atoms with Gasteiger partial charge >= 0.3 is 6.03 Å². The lowest BCUT2D eigenvalue weighted by atomic mass is 10.0. The molecule has 33 heavy (non-hydrogen) atoms. The minimum atomic E-state index is -0.389. The van der Waals surface area contributed by atoms with Crippen molar-refractivity contribution in [3.05, 3.63) is 53.8 Å². The number of carbonyl (C=O) groups excluding carboxylic acids is 2. The summed E-state index contributed by atoms with van der Waals surface area (Å²) in [5.41, 5.74) is 1.39. The molecule has 0 aliphatic carbocycles. The van der Waals surface area contributed by atoms with E-state index in [0.29, 0.717) is 36.8 Å². The first-order valence-corrected chi connectivity index (χ1v) is 11.9. The first kappa shape index (κ1) is 21.8. The van der Waals surface area contributed by atoms with Gasteiger partial charge in [-0.15, -0.1) is 11.8 Å². The van der Waals surface area contributed by atoms with E-state index in [4.69, 9.17) is 9.47 Å². The molecule has 3 N–H and O–H groups in total. The number of rotatable bonds is 4. The Morgan fingerprint density at radius 2 is 1.97 bits per heavy atom. The summed E-state index contributed by atoms with van der Waals surface area (Å²) in [5.74, 6) is 1.67. The monoisotopic (exact) mass is 472 g/mol. The Morgan fingerprint density at radius 1 is 1.15 bits per heavy atom. The van der Waals surface area contributed by atoms with Gasteiger partial charge in [0.05, 0.1) is 10.9 Å². The zero-order valence-corrected chi connectivity index (χ0v) is 18.8. The summed E-state index contributed by atoms with van der Waals surface area (Å²) in [5, 5.41) is 9.24. The average molecular weight is 473 g/mol. The molecule has 1 spiro atoms. The fourth-order valence-corrected chi connectivity index (χ4v) is 5.69. The lowest BCUT2D eigenvalue weighted by Crippen LogP contribution is -2.54. The smallest absolute Gasteiger partial charge is 0.321 e. The van der Waals surface area contributed by atoms with Crippen LogP contribution in [0.2, 0.25) is 0 Å². The largest absolute Gasteiger partial charge is 0.454 e. The third-order valence-electron chi connectivity index (χ3n) is 6.12. The van der Waals surface area contributed by atoms with E-state index in [1.807, 2.05) is 18.2 Å². The quantitative estimate of drug-likeness (QED) is 0.634. The second-order valence-electron chi connectivity index (χ2n) is 8.34. The number of nitrogens with one attached hydrogen (secondary N) is 3. The van der Waals surface area contributed by atoms with Crippen LogP contribution in [0.4, 0.5) is 14.9 Å². The molecule has 8 nitrogen and oxygen atoms in total. The predicted octanol–water partition coefficient (Wildman–Crippen LogP) is 2.90. The van der Waals surface area contributed by atoms with E-state index in [2.05, 4.69) is 16.0 Å². The molecule has 3 heterocycles. The molecule has 2 aromatic rings. The predicted molar refractivity (Wildman–Crippen MR) is 123 cm³/mol. The maximum absolute atomic E-state index is 13.3. The third kappa shape index (κ3) is 4.86. The van der Waals surface area contributed by atoms with Gasteiger partial charge in [0.15, 0.2) is 11.5 Å². The number of benzene rings is 2. The van der Waals surface area contributed by atoms with Crippen molar-refractivity contribution in [2.75, 3.05) is 31.0 Å². The summed E-state index contributed by atoms with van der Waals surface area (Å²) in [7, 11) is 0. The van der Waals surface area contributed by atoms with Crippen LogP contribution in [0.15, 0.2) is 42.5 Å². The molecule has 0 bridgehead atoms. The molecule has 10 heteroatoms. The minimum Gasteiger partial charge on any atom is -0.454 e. The van der Waals surface area contributed by atoms with Crippen molar-refractivity contribution in [2.45, 2.75) is 30.3 Å². The zero-order valence-electron chi connectivity index (χ0n) is 17.9. The van der Waals surface area contributed by atoms with Crippen molar-refractivity contribution < 1.29 is 23.5 Å². The van der Waals surface area contributed by atoms with Crippen molar-refractivity contribution >= 4 is 29.4 Å². The molecule has 0 aromatic heterocycles. The molecule has 3 amide bonds. The summed E-state index contributed by atoms with van der Waals surface area (Å²) in [6.45, 7) is 1.76. The molecular formula is C23H25FN4O4S. The van der Waals surface area contributed by atoms with Gasteiger partial charge in [0.2, 0.25) is 12.7 Å². The van der Waals surface area contributed by atoms with Crippen LogP contribution in [0.3, 0.4) is 0 Å². The zero-order chi connectivity index (χ0) is 22.8. The fourth-order valence-electron chi connectivity index (χ4n) is 4.28. The Balaban J connectivity index is 1.09. The summed E-state index contributed by atoms with van der Waals surface area (Å²) < 4.78 is 24.0. The number of likely N-dealkylation sites (tertiary alicyclic amines) is 1. The Hall–Kier alpha value is -2.98. The van der Waals surface area contributed by atoms with Crippen LogP contribution in [-0.4, -0.2) is 53.4 Å². The van der Waals surface area contributed by atoms with Gasteiger partial charge in [-0.25, -0.2) is 9.18 Å².